The van der Waals surface area contributed by atoms with Gasteiger partial charge in [0.05, 0.1) is 23.7 Å². The number of likely N-dealkylation sites (N-methyl/N-ethyl adjacent to an activating group) is 1. The van der Waals surface area contributed by atoms with Crippen molar-refractivity contribution in [2.75, 3.05) is 23.7 Å². The maximum Gasteiger partial charge on any atom is 0.241 e. The third-order valence-corrected chi connectivity index (χ3v) is 7.40. The van der Waals surface area contributed by atoms with Crippen LogP contribution in [0, 0.1) is 40.3 Å². The molecule has 1 saturated carbocycles. The lowest BCUT2D eigenvalue weighted by atomic mass is 9.84. The average Bonchev–Trinajstić information content (AvgIpc) is 3.01. The first-order valence-electron chi connectivity index (χ1n) is 13.4. The van der Waals surface area contributed by atoms with Crippen molar-refractivity contribution in [3.63, 3.8) is 0 Å². The molecule has 0 saturated heterocycles. The van der Waals surface area contributed by atoms with E-state index in [1.807, 2.05) is 19.1 Å². The van der Waals surface area contributed by atoms with Gasteiger partial charge in [0.1, 0.15) is 5.82 Å². The minimum Gasteiger partial charge on any atom is -0.398 e. The van der Waals surface area contributed by atoms with Gasteiger partial charge in [-0.05, 0) is 48.6 Å². The molecule has 0 aromatic heterocycles. The number of thiol groups is 1. The summed E-state index contributed by atoms with van der Waals surface area (Å²) in [5, 5.41) is 10.4. The normalized spacial score (nSPS) is 13.3. The molecule has 0 radical (unpaired) electrons. The summed E-state index contributed by atoms with van der Waals surface area (Å²) in [6.45, 7) is 2.93. The Hall–Kier alpha value is -3.51. The number of amides is 1. The number of hydrogen-bond donors (Lipinski definition) is 4. The first kappa shape index (κ1) is 33.0. The third kappa shape index (κ3) is 7.86. The monoisotopic (exact) mass is 610 g/mol. The molecule has 0 atom stereocenters. The summed E-state index contributed by atoms with van der Waals surface area (Å²) >= 11 is 3.10. The van der Waals surface area contributed by atoms with E-state index in [4.69, 9.17) is 11.1 Å². The molecule has 5 nitrogen and oxygen atoms in total. The van der Waals surface area contributed by atoms with Crippen molar-refractivity contribution in [2.45, 2.75) is 56.4 Å². The first-order chi connectivity index (χ1) is 20.0. The van der Waals surface area contributed by atoms with Crippen LogP contribution in [0.25, 0.3) is 0 Å². The van der Waals surface area contributed by atoms with E-state index < -0.39 is 39.8 Å². The van der Waals surface area contributed by atoms with Crippen LogP contribution < -0.4 is 16.0 Å². The Kier molecular flexibility index (Phi) is 11.9. The van der Waals surface area contributed by atoms with Gasteiger partial charge >= 0.3 is 0 Å². The van der Waals surface area contributed by atoms with E-state index in [1.165, 1.54) is 54.7 Å². The molecule has 0 bridgehead atoms. The van der Waals surface area contributed by atoms with Gasteiger partial charge in [0, 0.05) is 17.5 Å². The number of carbonyl (C=O) groups is 1. The van der Waals surface area contributed by atoms with E-state index in [0.29, 0.717) is 18.0 Å². The highest BCUT2D eigenvalue weighted by Crippen LogP contribution is 2.33. The van der Waals surface area contributed by atoms with Gasteiger partial charge in [-0.2, -0.15) is 0 Å². The molecule has 3 aromatic carbocycles. The number of benzene rings is 3. The second-order valence-corrected chi connectivity index (χ2v) is 10.3. The number of nitrogen functional groups attached to an aromatic ring is 1. The molecule has 226 valence electrons. The van der Waals surface area contributed by atoms with Gasteiger partial charge < -0.3 is 21.4 Å². The molecule has 1 aliphatic carbocycles. The highest BCUT2D eigenvalue weighted by atomic mass is 32.1. The Morgan fingerprint density at radius 3 is 2.10 bits per heavy atom. The highest BCUT2D eigenvalue weighted by Gasteiger charge is 2.24. The second kappa shape index (κ2) is 15.1. The molecule has 3 aromatic rings. The fraction of sp³-hybridized carbons (Fsp3) is 0.333. The van der Waals surface area contributed by atoms with Crippen LogP contribution in [0.1, 0.15) is 61.6 Å². The van der Waals surface area contributed by atoms with E-state index in [9.17, 15) is 31.1 Å². The van der Waals surface area contributed by atoms with Gasteiger partial charge in [0.15, 0.2) is 23.3 Å². The van der Waals surface area contributed by atoms with E-state index in [0.717, 1.165) is 11.8 Å². The Morgan fingerprint density at radius 2 is 1.55 bits per heavy atom. The number of anilines is 2. The number of halogens is 6. The summed E-state index contributed by atoms with van der Waals surface area (Å²) in [7, 11) is 0. The Labute approximate surface area is 246 Å². The fourth-order valence-corrected chi connectivity index (χ4v) is 4.86. The van der Waals surface area contributed by atoms with Crippen molar-refractivity contribution in [3.05, 3.63) is 88.0 Å². The van der Waals surface area contributed by atoms with Crippen molar-refractivity contribution < 1.29 is 31.1 Å². The van der Waals surface area contributed by atoms with Gasteiger partial charge in [-0.15, -0.1) is 12.6 Å². The highest BCUT2D eigenvalue weighted by molar-refractivity contribution is 7.80. The van der Waals surface area contributed by atoms with Gasteiger partial charge in [0.2, 0.25) is 11.7 Å². The lowest BCUT2D eigenvalue weighted by molar-refractivity contribution is -0.118. The maximum absolute atomic E-state index is 14.8. The van der Waals surface area contributed by atoms with Crippen molar-refractivity contribution in [1.82, 2.24) is 5.32 Å². The minimum absolute atomic E-state index is 0.113. The number of hydrogen-bond acceptors (Lipinski definition) is 5. The van der Waals surface area contributed by atoms with E-state index in [-0.39, 0.29) is 30.4 Å². The molecular weight excluding hydrogens is 578 g/mol. The summed E-state index contributed by atoms with van der Waals surface area (Å²) in [5.74, 6) is -10.2. The van der Waals surface area contributed by atoms with Crippen LogP contribution >= 0.6 is 12.6 Å². The van der Waals surface area contributed by atoms with Crippen molar-refractivity contribution in [3.8, 4) is 0 Å². The molecular formula is C30H32F6N4OS. The summed E-state index contributed by atoms with van der Waals surface area (Å²) < 4.78 is 76.1. The summed E-state index contributed by atoms with van der Waals surface area (Å²) in [6, 6.07) is 11.0. The maximum atomic E-state index is 14.8. The lowest BCUT2D eigenvalue weighted by Gasteiger charge is -2.25. The Balaban J connectivity index is 0.000000337. The predicted octanol–water partition coefficient (Wildman–Crippen LogP) is 7.27. The molecule has 0 spiro atoms. The number of nitrogens with zero attached hydrogens (tertiary/aromatic N) is 1. The largest absolute Gasteiger partial charge is 0.398 e. The van der Waals surface area contributed by atoms with Crippen LogP contribution in [0.4, 0.5) is 37.7 Å². The molecule has 0 aliphatic heterocycles. The SMILES string of the molecule is CCNCC(=O)N(Cc1ccc(C2CCCCC2)cc1)c1cc(N)c(C=N)cc1F.Fc1c(F)c(F)c(S)c(F)c1F. The minimum atomic E-state index is -2.18. The van der Waals surface area contributed by atoms with Gasteiger partial charge in [-0.1, -0.05) is 50.5 Å². The number of rotatable bonds is 8. The quantitative estimate of drug-likeness (QED) is 0.0541. The molecule has 0 unspecified atom stereocenters. The van der Waals surface area contributed by atoms with Crippen molar-refractivity contribution in [2.24, 2.45) is 0 Å². The van der Waals surface area contributed by atoms with Gasteiger partial charge in [-0.3, -0.25) is 4.79 Å². The Bertz CT molecular complexity index is 1310. The van der Waals surface area contributed by atoms with Crippen LogP contribution in [0.15, 0.2) is 41.3 Å². The fourth-order valence-electron chi connectivity index (χ4n) is 4.67. The topological polar surface area (TPSA) is 82.2 Å². The zero-order valence-electron chi connectivity index (χ0n) is 22.9. The number of nitrogens with two attached hydrogens (primary N) is 1. The Morgan fingerprint density at radius 1 is 0.976 bits per heavy atom. The molecule has 4 rings (SSSR count). The molecule has 1 fully saturated rings. The molecule has 1 amide bonds. The van der Waals surface area contributed by atoms with Crippen LogP contribution in [-0.2, 0) is 11.3 Å². The van der Waals surface area contributed by atoms with Crippen LogP contribution in [-0.4, -0.2) is 25.2 Å². The first-order valence-corrected chi connectivity index (χ1v) is 13.8. The molecule has 4 N–H and O–H groups in total. The van der Waals surface area contributed by atoms with Crippen molar-refractivity contribution >= 4 is 36.1 Å². The molecule has 1 aliphatic rings. The van der Waals surface area contributed by atoms with Gasteiger partial charge in [-0.25, -0.2) is 26.3 Å². The zero-order valence-corrected chi connectivity index (χ0v) is 23.8. The predicted molar refractivity (Wildman–Crippen MR) is 154 cm³/mol. The van der Waals surface area contributed by atoms with Crippen LogP contribution in [0.5, 0.6) is 0 Å². The standard InChI is InChI=1S/C24H31FN4O.C6HF5S/c1-2-28-15-24(30)29(23-13-22(27)20(14-26)12-21(23)25)16-17-8-10-19(11-9-17)18-6-4-3-5-7-18;7-1-2(8)4(10)6(12)5(11)3(1)9/h8-14,18,26,28H,2-7,15-16,27H2,1H3;12H. The van der Waals surface area contributed by atoms with E-state index in [1.54, 1.807) is 0 Å². The summed E-state index contributed by atoms with van der Waals surface area (Å²) in [5.41, 5.74) is 8.95. The van der Waals surface area contributed by atoms with E-state index in [2.05, 4.69) is 30.1 Å². The summed E-state index contributed by atoms with van der Waals surface area (Å²) in [6.07, 6.45) is 7.37. The van der Waals surface area contributed by atoms with Crippen LogP contribution in [0.2, 0.25) is 0 Å². The molecule has 0 heterocycles. The summed E-state index contributed by atoms with van der Waals surface area (Å²) in [4.78, 5) is 13.1. The molecule has 12 heteroatoms. The van der Waals surface area contributed by atoms with Crippen molar-refractivity contribution in [1.29, 1.82) is 5.41 Å². The van der Waals surface area contributed by atoms with Gasteiger partial charge in [0.25, 0.3) is 0 Å². The smallest absolute Gasteiger partial charge is 0.241 e. The third-order valence-electron chi connectivity index (χ3n) is 7.01. The average molecular weight is 611 g/mol. The molecule has 42 heavy (non-hydrogen) atoms. The lowest BCUT2D eigenvalue weighted by Crippen LogP contribution is -2.38. The van der Waals surface area contributed by atoms with Crippen LogP contribution in [0.3, 0.4) is 0 Å². The van der Waals surface area contributed by atoms with E-state index >= 15 is 0 Å². The second-order valence-electron chi connectivity index (χ2n) is 9.83. The number of carbonyl (C=O) groups excluding carboxylic acids is 1. The zero-order chi connectivity index (χ0) is 31.0. The number of nitrogens with one attached hydrogen (secondary N) is 2.